The van der Waals surface area contributed by atoms with E-state index < -0.39 is 0 Å². The van der Waals surface area contributed by atoms with Crippen molar-refractivity contribution in [3.63, 3.8) is 0 Å². The van der Waals surface area contributed by atoms with E-state index in [-0.39, 0.29) is 11.9 Å². The number of rotatable bonds is 2. The van der Waals surface area contributed by atoms with Gasteiger partial charge in [-0.25, -0.2) is 4.39 Å². The number of benzene rings is 1. The van der Waals surface area contributed by atoms with Gasteiger partial charge < -0.3 is 4.74 Å². The summed E-state index contributed by atoms with van der Waals surface area (Å²) in [6.07, 6.45) is 7.73. The summed E-state index contributed by atoms with van der Waals surface area (Å²) < 4.78 is 18.3. The van der Waals surface area contributed by atoms with Gasteiger partial charge in [0.05, 0.1) is 0 Å². The number of ether oxygens (including phenoxy) is 1. The Hall–Kier alpha value is -1.31. The number of hydrogen-bond acceptors (Lipinski definition) is 1. The van der Waals surface area contributed by atoms with Crippen molar-refractivity contribution in [2.75, 3.05) is 0 Å². The molecule has 0 fully saturated rings. The molecule has 0 radical (unpaired) electrons. The molecule has 2 heteroatoms. The fraction of sp³-hybridized carbons (Fsp3) is 0.333. The summed E-state index contributed by atoms with van der Waals surface area (Å²) >= 11 is 0. The molecule has 1 aliphatic rings. The molecule has 0 N–H and O–H groups in total. The lowest BCUT2D eigenvalue weighted by Crippen LogP contribution is -2.15. The quantitative estimate of drug-likeness (QED) is 0.653. The monoisotopic (exact) mass is 192 g/mol. The highest BCUT2D eigenvalue weighted by molar-refractivity contribution is 5.23. The third-order valence-electron chi connectivity index (χ3n) is 2.31. The molecule has 14 heavy (non-hydrogen) atoms. The molecule has 1 aromatic carbocycles. The Morgan fingerprint density at radius 3 is 2.64 bits per heavy atom. The average molecular weight is 192 g/mol. The van der Waals surface area contributed by atoms with Crippen LogP contribution in [0.15, 0.2) is 36.4 Å². The van der Waals surface area contributed by atoms with Gasteiger partial charge in [0.1, 0.15) is 17.7 Å². The fourth-order valence-corrected chi connectivity index (χ4v) is 1.57. The minimum absolute atomic E-state index is 0.161. The summed E-state index contributed by atoms with van der Waals surface area (Å²) in [5.41, 5.74) is 0. The zero-order valence-electron chi connectivity index (χ0n) is 7.95. The van der Waals surface area contributed by atoms with Crippen LogP contribution in [0.25, 0.3) is 0 Å². The maximum absolute atomic E-state index is 12.6. The minimum Gasteiger partial charge on any atom is -0.486 e. The molecule has 1 nitrogen and oxygen atoms in total. The van der Waals surface area contributed by atoms with E-state index in [4.69, 9.17) is 4.74 Å². The van der Waals surface area contributed by atoms with E-state index in [9.17, 15) is 4.39 Å². The molecule has 0 saturated heterocycles. The van der Waals surface area contributed by atoms with Gasteiger partial charge in [-0.2, -0.15) is 0 Å². The Morgan fingerprint density at radius 2 is 2.00 bits per heavy atom. The molecule has 0 amide bonds. The van der Waals surface area contributed by atoms with Crippen molar-refractivity contribution < 1.29 is 9.13 Å². The summed E-state index contributed by atoms with van der Waals surface area (Å²) in [5, 5.41) is 0. The van der Waals surface area contributed by atoms with Gasteiger partial charge in [-0.1, -0.05) is 6.08 Å². The van der Waals surface area contributed by atoms with Gasteiger partial charge >= 0.3 is 0 Å². The standard InChI is InChI=1S/C12H13FO/c13-10-6-8-12(9-7-10)14-11-4-2-1-3-5-11/h2,4,6-9,11H,1,3,5H2/t11-/m1/s1. The van der Waals surface area contributed by atoms with Gasteiger partial charge in [0.25, 0.3) is 0 Å². The zero-order chi connectivity index (χ0) is 9.80. The van der Waals surface area contributed by atoms with Crippen LogP contribution in [-0.4, -0.2) is 6.10 Å². The van der Waals surface area contributed by atoms with Crippen LogP contribution in [-0.2, 0) is 0 Å². The van der Waals surface area contributed by atoms with E-state index in [0.29, 0.717) is 0 Å². The fourth-order valence-electron chi connectivity index (χ4n) is 1.57. The first-order valence-electron chi connectivity index (χ1n) is 4.93. The maximum atomic E-state index is 12.6. The summed E-state index contributed by atoms with van der Waals surface area (Å²) in [4.78, 5) is 0. The first-order valence-corrected chi connectivity index (χ1v) is 4.93. The second kappa shape index (κ2) is 4.27. The van der Waals surface area contributed by atoms with Crippen LogP contribution in [0.4, 0.5) is 4.39 Å². The first-order chi connectivity index (χ1) is 6.84. The van der Waals surface area contributed by atoms with Gasteiger partial charge in [-0.3, -0.25) is 0 Å². The Labute approximate surface area is 83.2 Å². The van der Waals surface area contributed by atoms with E-state index >= 15 is 0 Å². The predicted molar refractivity (Wildman–Crippen MR) is 53.8 cm³/mol. The Balaban J connectivity index is 1.99. The first kappa shape index (κ1) is 9.25. The lowest BCUT2D eigenvalue weighted by molar-refractivity contribution is 0.229. The molecule has 1 aromatic rings. The van der Waals surface area contributed by atoms with Gasteiger partial charge in [-0.05, 0) is 49.6 Å². The predicted octanol–water partition coefficient (Wildman–Crippen LogP) is 3.31. The van der Waals surface area contributed by atoms with Crippen LogP contribution >= 0.6 is 0 Å². The molecule has 0 spiro atoms. The molecule has 0 aromatic heterocycles. The SMILES string of the molecule is Fc1ccc(O[C@@H]2C=CCCC2)cc1. The van der Waals surface area contributed by atoms with Gasteiger partial charge in [0.15, 0.2) is 0 Å². The van der Waals surface area contributed by atoms with E-state index in [1.807, 2.05) is 0 Å². The second-order valence-electron chi connectivity index (χ2n) is 3.47. The van der Waals surface area contributed by atoms with Crippen LogP contribution in [0.3, 0.4) is 0 Å². The van der Waals surface area contributed by atoms with Gasteiger partial charge in [0, 0.05) is 0 Å². The molecular formula is C12H13FO. The Morgan fingerprint density at radius 1 is 1.21 bits per heavy atom. The lowest BCUT2D eigenvalue weighted by Gasteiger charge is -2.18. The molecule has 74 valence electrons. The molecule has 0 aliphatic heterocycles. The van der Waals surface area contributed by atoms with Gasteiger partial charge in [-0.15, -0.1) is 0 Å². The van der Waals surface area contributed by atoms with Crippen molar-refractivity contribution in [3.05, 3.63) is 42.2 Å². The van der Waals surface area contributed by atoms with Crippen molar-refractivity contribution in [2.24, 2.45) is 0 Å². The molecule has 1 aliphatic carbocycles. The Kier molecular flexibility index (Phi) is 2.82. The summed E-state index contributed by atoms with van der Waals surface area (Å²) in [6, 6.07) is 6.17. The van der Waals surface area contributed by atoms with Crippen molar-refractivity contribution >= 4 is 0 Å². The number of halogens is 1. The molecule has 0 heterocycles. The number of allylic oxidation sites excluding steroid dienone is 1. The van der Waals surface area contributed by atoms with Crippen LogP contribution in [0, 0.1) is 5.82 Å². The van der Waals surface area contributed by atoms with Crippen molar-refractivity contribution in [3.8, 4) is 5.75 Å². The molecular weight excluding hydrogens is 179 g/mol. The van der Waals surface area contributed by atoms with Crippen LogP contribution < -0.4 is 4.74 Å². The highest BCUT2D eigenvalue weighted by atomic mass is 19.1. The highest BCUT2D eigenvalue weighted by Gasteiger charge is 2.09. The van der Waals surface area contributed by atoms with Gasteiger partial charge in [0.2, 0.25) is 0 Å². The van der Waals surface area contributed by atoms with Crippen LogP contribution in [0.5, 0.6) is 5.75 Å². The molecule has 0 unspecified atom stereocenters. The summed E-state index contributed by atoms with van der Waals surface area (Å²) in [5.74, 6) is 0.513. The summed E-state index contributed by atoms with van der Waals surface area (Å²) in [6.45, 7) is 0. The normalized spacial score (nSPS) is 20.8. The highest BCUT2D eigenvalue weighted by Crippen LogP contribution is 2.18. The summed E-state index contributed by atoms with van der Waals surface area (Å²) in [7, 11) is 0. The van der Waals surface area contributed by atoms with Crippen molar-refractivity contribution in [2.45, 2.75) is 25.4 Å². The molecule has 0 saturated carbocycles. The van der Waals surface area contributed by atoms with Crippen LogP contribution in [0.1, 0.15) is 19.3 Å². The molecule has 1 atom stereocenters. The van der Waals surface area contributed by atoms with Crippen molar-refractivity contribution in [1.29, 1.82) is 0 Å². The third-order valence-corrected chi connectivity index (χ3v) is 2.31. The maximum Gasteiger partial charge on any atom is 0.123 e. The minimum atomic E-state index is -0.225. The largest absolute Gasteiger partial charge is 0.486 e. The topological polar surface area (TPSA) is 9.23 Å². The second-order valence-corrected chi connectivity index (χ2v) is 3.47. The Bertz CT molecular complexity index is 316. The van der Waals surface area contributed by atoms with E-state index in [2.05, 4.69) is 12.2 Å². The van der Waals surface area contributed by atoms with Crippen molar-refractivity contribution in [1.82, 2.24) is 0 Å². The smallest absolute Gasteiger partial charge is 0.123 e. The third kappa shape index (κ3) is 2.34. The zero-order valence-corrected chi connectivity index (χ0v) is 7.95. The average Bonchev–Trinajstić information content (AvgIpc) is 2.23. The molecule has 2 rings (SSSR count). The lowest BCUT2D eigenvalue weighted by atomic mass is 10.1. The van der Waals surface area contributed by atoms with E-state index in [0.717, 1.165) is 18.6 Å². The van der Waals surface area contributed by atoms with E-state index in [1.165, 1.54) is 18.6 Å². The molecule has 0 bridgehead atoms. The van der Waals surface area contributed by atoms with E-state index in [1.54, 1.807) is 12.1 Å². The van der Waals surface area contributed by atoms with Crippen LogP contribution in [0.2, 0.25) is 0 Å². The number of hydrogen-bond donors (Lipinski definition) is 0.